The molecule has 0 saturated carbocycles. The van der Waals surface area contributed by atoms with Crippen molar-refractivity contribution in [2.45, 2.75) is 26.2 Å². The summed E-state index contributed by atoms with van der Waals surface area (Å²) in [7, 11) is 0. The average molecular weight is 296 g/mol. The molecule has 1 aromatic heterocycles. The van der Waals surface area contributed by atoms with Crippen molar-refractivity contribution in [3.05, 3.63) is 45.8 Å². The van der Waals surface area contributed by atoms with Gasteiger partial charge in [0.15, 0.2) is 0 Å². The van der Waals surface area contributed by atoms with Crippen LogP contribution in [0.3, 0.4) is 0 Å². The van der Waals surface area contributed by atoms with Crippen molar-refractivity contribution in [3.8, 4) is 11.8 Å². The SMILES string of the molecule is CC1CCc2c(sc(N=Cc3ccc(O)cc3)c2C#N)C1. The number of thiophene rings is 1. The highest BCUT2D eigenvalue weighted by Gasteiger charge is 2.23. The van der Waals surface area contributed by atoms with Gasteiger partial charge >= 0.3 is 0 Å². The molecular weight excluding hydrogens is 280 g/mol. The standard InChI is InChI=1S/C17H16N2OS/c1-11-2-7-14-15(9-18)17(21-16(14)8-11)19-10-12-3-5-13(20)6-4-12/h3-6,10-11,20H,2,7-8H2,1H3. The van der Waals surface area contributed by atoms with Crippen LogP contribution in [-0.2, 0) is 12.8 Å². The van der Waals surface area contributed by atoms with Crippen LogP contribution >= 0.6 is 11.3 Å². The normalized spacial score (nSPS) is 17.6. The molecule has 3 rings (SSSR count). The molecule has 1 aromatic carbocycles. The van der Waals surface area contributed by atoms with Gasteiger partial charge in [0.2, 0.25) is 0 Å². The van der Waals surface area contributed by atoms with Gasteiger partial charge in [-0.2, -0.15) is 5.26 Å². The van der Waals surface area contributed by atoms with E-state index in [0.717, 1.165) is 35.4 Å². The molecule has 0 amide bonds. The molecule has 1 aliphatic rings. The predicted molar refractivity (Wildman–Crippen MR) is 85.6 cm³/mol. The highest BCUT2D eigenvalue weighted by Crippen LogP contribution is 2.40. The van der Waals surface area contributed by atoms with Crippen LogP contribution < -0.4 is 0 Å². The smallest absolute Gasteiger partial charge is 0.134 e. The number of aliphatic imine (C=N–C) groups is 1. The van der Waals surface area contributed by atoms with Crippen molar-refractivity contribution in [1.29, 1.82) is 5.26 Å². The molecule has 0 fully saturated rings. The molecular formula is C17H16N2OS. The van der Waals surface area contributed by atoms with Crippen LogP contribution in [-0.4, -0.2) is 11.3 Å². The van der Waals surface area contributed by atoms with Crippen molar-refractivity contribution in [2.75, 3.05) is 0 Å². The fraction of sp³-hybridized carbons (Fsp3) is 0.294. The van der Waals surface area contributed by atoms with Crippen LogP contribution in [0, 0.1) is 17.2 Å². The molecule has 4 heteroatoms. The maximum Gasteiger partial charge on any atom is 0.134 e. The molecule has 1 heterocycles. The lowest BCUT2D eigenvalue weighted by molar-refractivity contribution is 0.475. The fourth-order valence-electron chi connectivity index (χ4n) is 2.64. The van der Waals surface area contributed by atoms with Gasteiger partial charge in [-0.15, -0.1) is 11.3 Å². The van der Waals surface area contributed by atoms with E-state index in [1.54, 1.807) is 41.8 Å². The zero-order valence-electron chi connectivity index (χ0n) is 11.8. The third-order valence-corrected chi connectivity index (χ3v) is 4.99. The molecule has 3 nitrogen and oxygen atoms in total. The number of rotatable bonds is 2. The summed E-state index contributed by atoms with van der Waals surface area (Å²) in [6, 6.07) is 9.20. The third-order valence-electron chi connectivity index (χ3n) is 3.83. The van der Waals surface area contributed by atoms with Crippen molar-refractivity contribution >= 4 is 22.6 Å². The van der Waals surface area contributed by atoms with E-state index in [-0.39, 0.29) is 5.75 Å². The molecule has 1 unspecified atom stereocenters. The number of phenols is 1. The summed E-state index contributed by atoms with van der Waals surface area (Å²) in [6.07, 6.45) is 4.95. The van der Waals surface area contributed by atoms with E-state index < -0.39 is 0 Å². The lowest BCUT2D eigenvalue weighted by Gasteiger charge is -2.17. The second-order valence-corrected chi connectivity index (χ2v) is 6.58. The Morgan fingerprint density at radius 2 is 2.14 bits per heavy atom. The second kappa shape index (κ2) is 5.71. The lowest BCUT2D eigenvalue weighted by atomic mass is 9.89. The number of aromatic hydroxyl groups is 1. The summed E-state index contributed by atoms with van der Waals surface area (Å²) < 4.78 is 0. The van der Waals surface area contributed by atoms with E-state index in [0.29, 0.717) is 5.92 Å². The number of hydrogen-bond donors (Lipinski definition) is 1. The summed E-state index contributed by atoms with van der Waals surface area (Å²) in [5, 5.41) is 19.5. The fourth-order valence-corrected chi connectivity index (χ4v) is 3.94. The molecule has 106 valence electrons. The Hall–Kier alpha value is -2.12. The molecule has 0 bridgehead atoms. The lowest BCUT2D eigenvalue weighted by Crippen LogP contribution is -2.09. The van der Waals surface area contributed by atoms with Gasteiger partial charge in [-0.1, -0.05) is 6.92 Å². The molecule has 1 N–H and O–H groups in total. The van der Waals surface area contributed by atoms with Crippen molar-refractivity contribution < 1.29 is 5.11 Å². The maximum absolute atomic E-state index is 9.41. The van der Waals surface area contributed by atoms with E-state index in [9.17, 15) is 10.4 Å². The van der Waals surface area contributed by atoms with Crippen molar-refractivity contribution in [1.82, 2.24) is 0 Å². The summed E-state index contributed by atoms with van der Waals surface area (Å²) in [4.78, 5) is 5.82. The van der Waals surface area contributed by atoms with Gasteiger partial charge < -0.3 is 5.11 Å². The van der Waals surface area contributed by atoms with Crippen LogP contribution in [0.1, 0.15) is 34.9 Å². The van der Waals surface area contributed by atoms with E-state index in [2.05, 4.69) is 18.0 Å². The predicted octanol–water partition coefficient (Wildman–Crippen LogP) is 4.20. The summed E-state index contributed by atoms with van der Waals surface area (Å²) in [6.45, 7) is 2.26. The zero-order valence-corrected chi connectivity index (χ0v) is 12.7. The Balaban J connectivity index is 1.92. The van der Waals surface area contributed by atoms with Crippen LogP contribution in [0.4, 0.5) is 5.00 Å². The molecule has 21 heavy (non-hydrogen) atoms. The van der Waals surface area contributed by atoms with Gasteiger partial charge in [0.05, 0.1) is 5.56 Å². The van der Waals surface area contributed by atoms with Crippen LogP contribution in [0.2, 0.25) is 0 Å². The minimum Gasteiger partial charge on any atom is -0.508 e. The minimum atomic E-state index is 0.241. The molecule has 0 radical (unpaired) electrons. The number of nitriles is 1. The van der Waals surface area contributed by atoms with Gasteiger partial charge in [0.1, 0.15) is 16.8 Å². The second-order valence-electron chi connectivity index (χ2n) is 5.49. The quantitative estimate of drug-likeness (QED) is 0.844. The Bertz CT molecular complexity index is 722. The molecule has 0 spiro atoms. The number of hydrogen-bond acceptors (Lipinski definition) is 4. The first-order valence-electron chi connectivity index (χ1n) is 7.05. The minimum absolute atomic E-state index is 0.241. The Morgan fingerprint density at radius 3 is 2.86 bits per heavy atom. The first-order chi connectivity index (χ1) is 10.2. The van der Waals surface area contributed by atoms with E-state index in [1.807, 2.05) is 0 Å². The van der Waals surface area contributed by atoms with Gasteiger partial charge in [0.25, 0.3) is 0 Å². The van der Waals surface area contributed by atoms with Gasteiger partial charge in [0, 0.05) is 11.1 Å². The monoisotopic (exact) mass is 296 g/mol. The largest absolute Gasteiger partial charge is 0.508 e. The van der Waals surface area contributed by atoms with Crippen molar-refractivity contribution in [3.63, 3.8) is 0 Å². The number of fused-ring (bicyclic) bond motifs is 1. The molecule has 1 atom stereocenters. The van der Waals surface area contributed by atoms with Crippen LogP contribution in [0.25, 0.3) is 0 Å². The Labute approximate surface area is 128 Å². The average Bonchev–Trinajstić information content (AvgIpc) is 2.83. The van der Waals surface area contributed by atoms with E-state index in [4.69, 9.17) is 0 Å². The highest BCUT2D eigenvalue weighted by atomic mass is 32.1. The maximum atomic E-state index is 9.41. The van der Waals surface area contributed by atoms with Gasteiger partial charge in [-0.05, 0) is 60.6 Å². The Kier molecular flexibility index (Phi) is 3.76. The molecule has 2 aromatic rings. The zero-order chi connectivity index (χ0) is 14.8. The van der Waals surface area contributed by atoms with Crippen LogP contribution in [0.15, 0.2) is 29.3 Å². The first-order valence-corrected chi connectivity index (χ1v) is 7.86. The first kappa shape index (κ1) is 13.8. The van der Waals surface area contributed by atoms with Gasteiger partial charge in [-0.3, -0.25) is 0 Å². The number of nitrogens with zero attached hydrogens (tertiary/aromatic N) is 2. The number of benzene rings is 1. The summed E-state index contributed by atoms with van der Waals surface area (Å²) in [5.41, 5.74) is 2.87. The highest BCUT2D eigenvalue weighted by molar-refractivity contribution is 7.16. The van der Waals surface area contributed by atoms with Gasteiger partial charge in [-0.25, -0.2) is 4.99 Å². The Morgan fingerprint density at radius 1 is 1.38 bits per heavy atom. The van der Waals surface area contributed by atoms with Crippen LogP contribution in [0.5, 0.6) is 5.75 Å². The topological polar surface area (TPSA) is 56.4 Å². The van der Waals surface area contributed by atoms with E-state index in [1.165, 1.54) is 10.4 Å². The summed E-state index contributed by atoms with van der Waals surface area (Å²) in [5.74, 6) is 0.932. The van der Waals surface area contributed by atoms with E-state index >= 15 is 0 Å². The molecule has 0 saturated heterocycles. The third kappa shape index (κ3) is 2.84. The number of phenolic OH excluding ortho intramolecular Hbond substituents is 1. The van der Waals surface area contributed by atoms with Crippen molar-refractivity contribution in [2.24, 2.45) is 10.9 Å². The molecule has 1 aliphatic carbocycles. The summed E-state index contributed by atoms with van der Waals surface area (Å²) >= 11 is 1.64. The molecule has 0 aliphatic heterocycles.